The Labute approximate surface area is 126 Å². The Kier molecular flexibility index (Phi) is 6.72. The summed E-state index contributed by atoms with van der Waals surface area (Å²) in [5.41, 5.74) is 2.42. The van der Waals surface area contributed by atoms with Crippen LogP contribution in [0.2, 0.25) is 0 Å². The molecule has 116 valence electrons. The number of hydrogen-bond acceptors (Lipinski definition) is 3. The van der Waals surface area contributed by atoms with Gasteiger partial charge in [-0.2, -0.15) is 0 Å². The van der Waals surface area contributed by atoms with Crippen molar-refractivity contribution >= 4 is 17.5 Å². The predicted molar refractivity (Wildman–Crippen MR) is 85.5 cm³/mol. The molecule has 0 bridgehead atoms. The second-order valence-electron chi connectivity index (χ2n) is 5.46. The van der Waals surface area contributed by atoms with E-state index < -0.39 is 0 Å². The standard InChI is InChI=1S/C16H25N3O2/c1-5-17-14-8-12(4)6-7-13(14)16(21)19-10-15(20)18-9-11(2)3/h6-8,11,17H,5,9-10H2,1-4H3,(H,18,20)(H,19,21). The van der Waals surface area contributed by atoms with E-state index in [9.17, 15) is 9.59 Å². The Morgan fingerprint density at radius 1 is 1.19 bits per heavy atom. The average Bonchev–Trinajstić information content (AvgIpc) is 2.43. The minimum absolute atomic E-state index is 0.00893. The molecule has 5 nitrogen and oxygen atoms in total. The molecule has 0 aromatic heterocycles. The quantitative estimate of drug-likeness (QED) is 0.719. The number of carbonyl (C=O) groups excluding carboxylic acids is 2. The number of rotatable bonds is 7. The predicted octanol–water partition coefficient (Wildman–Crippen LogP) is 1.93. The van der Waals surface area contributed by atoms with Crippen LogP contribution in [0, 0.1) is 12.8 Å². The number of aryl methyl sites for hydroxylation is 1. The molecule has 0 fully saturated rings. The van der Waals surface area contributed by atoms with Crippen molar-refractivity contribution in [2.45, 2.75) is 27.7 Å². The summed E-state index contributed by atoms with van der Waals surface area (Å²) in [6.07, 6.45) is 0. The summed E-state index contributed by atoms with van der Waals surface area (Å²) in [6, 6.07) is 5.58. The van der Waals surface area contributed by atoms with Gasteiger partial charge in [-0.15, -0.1) is 0 Å². The highest BCUT2D eigenvalue weighted by Gasteiger charge is 2.12. The molecule has 0 spiro atoms. The van der Waals surface area contributed by atoms with Crippen LogP contribution < -0.4 is 16.0 Å². The van der Waals surface area contributed by atoms with Gasteiger partial charge in [-0.05, 0) is 37.5 Å². The third kappa shape index (κ3) is 5.85. The van der Waals surface area contributed by atoms with Gasteiger partial charge in [-0.25, -0.2) is 0 Å². The summed E-state index contributed by atoms with van der Waals surface area (Å²) in [5, 5.41) is 8.58. The first kappa shape index (κ1) is 17.0. The molecule has 2 amide bonds. The first-order valence-electron chi connectivity index (χ1n) is 7.33. The largest absolute Gasteiger partial charge is 0.385 e. The third-order valence-corrected chi connectivity index (χ3v) is 2.90. The Bertz CT molecular complexity index is 498. The molecule has 0 heterocycles. The van der Waals surface area contributed by atoms with E-state index >= 15 is 0 Å². The minimum atomic E-state index is -0.245. The molecule has 0 unspecified atom stereocenters. The number of hydrogen-bond donors (Lipinski definition) is 3. The Balaban J connectivity index is 2.61. The van der Waals surface area contributed by atoms with Gasteiger partial charge in [-0.3, -0.25) is 9.59 Å². The second kappa shape index (κ2) is 8.29. The lowest BCUT2D eigenvalue weighted by Gasteiger charge is -2.12. The molecule has 0 aliphatic rings. The third-order valence-electron chi connectivity index (χ3n) is 2.90. The van der Waals surface area contributed by atoms with Crippen molar-refractivity contribution in [1.82, 2.24) is 10.6 Å². The van der Waals surface area contributed by atoms with Crippen LogP contribution >= 0.6 is 0 Å². The normalized spacial score (nSPS) is 10.3. The molecule has 1 rings (SSSR count). The van der Waals surface area contributed by atoms with Gasteiger partial charge in [0.25, 0.3) is 5.91 Å². The fourth-order valence-corrected chi connectivity index (χ4v) is 1.83. The van der Waals surface area contributed by atoms with Gasteiger partial charge in [0.1, 0.15) is 0 Å². The Morgan fingerprint density at radius 2 is 1.90 bits per heavy atom. The van der Waals surface area contributed by atoms with Crippen molar-refractivity contribution in [1.29, 1.82) is 0 Å². The highest BCUT2D eigenvalue weighted by Crippen LogP contribution is 2.17. The maximum Gasteiger partial charge on any atom is 0.253 e. The zero-order chi connectivity index (χ0) is 15.8. The molecule has 1 aromatic rings. The van der Waals surface area contributed by atoms with Crippen LogP contribution in [-0.2, 0) is 4.79 Å². The van der Waals surface area contributed by atoms with Crippen LogP contribution in [0.3, 0.4) is 0 Å². The summed E-state index contributed by atoms with van der Waals surface area (Å²) < 4.78 is 0. The molecule has 5 heteroatoms. The van der Waals surface area contributed by atoms with E-state index in [1.54, 1.807) is 6.07 Å². The van der Waals surface area contributed by atoms with E-state index in [1.165, 1.54) is 0 Å². The summed E-state index contributed by atoms with van der Waals surface area (Å²) in [7, 11) is 0. The van der Waals surface area contributed by atoms with Crippen molar-refractivity contribution in [2.24, 2.45) is 5.92 Å². The van der Waals surface area contributed by atoms with Crippen LogP contribution in [0.15, 0.2) is 18.2 Å². The van der Waals surface area contributed by atoms with Crippen LogP contribution in [-0.4, -0.2) is 31.4 Å². The van der Waals surface area contributed by atoms with Crippen molar-refractivity contribution in [3.63, 3.8) is 0 Å². The molecule has 0 saturated carbocycles. The molecular formula is C16H25N3O2. The molecule has 0 aliphatic heterocycles. The minimum Gasteiger partial charge on any atom is -0.385 e. The summed E-state index contributed by atoms with van der Waals surface area (Å²) in [5.74, 6) is -0.0260. The van der Waals surface area contributed by atoms with Gasteiger partial charge in [0.2, 0.25) is 5.91 Å². The molecular weight excluding hydrogens is 266 g/mol. The molecule has 0 radical (unpaired) electrons. The number of nitrogens with one attached hydrogen (secondary N) is 3. The van der Waals surface area contributed by atoms with Gasteiger partial charge in [0.15, 0.2) is 0 Å². The van der Waals surface area contributed by atoms with Crippen LogP contribution in [0.5, 0.6) is 0 Å². The second-order valence-corrected chi connectivity index (χ2v) is 5.46. The van der Waals surface area contributed by atoms with Crippen LogP contribution in [0.25, 0.3) is 0 Å². The summed E-state index contributed by atoms with van der Waals surface area (Å²) >= 11 is 0. The zero-order valence-electron chi connectivity index (χ0n) is 13.2. The number of amides is 2. The van der Waals surface area contributed by atoms with E-state index in [4.69, 9.17) is 0 Å². The van der Waals surface area contributed by atoms with E-state index in [2.05, 4.69) is 16.0 Å². The van der Waals surface area contributed by atoms with Crippen molar-refractivity contribution < 1.29 is 9.59 Å². The fourth-order valence-electron chi connectivity index (χ4n) is 1.83. The molecule has 21 heavy (non-hydrogen) atoms. The highest BCUT2D eigenvalue weighted by molar-refractivity contribution is 6.01. The zero-order valence-corrected chi connectivity index (χ0v) is 13.2. The Morgan fingerprint density at radius 3 is 2.52 bits per heavy atom. The fraction of sp³-hybridized carbons (Fsp3) is 0.500. The van der Waals surface area contributed by atoms with Gasteiger partial charge >= 0.3 is 0 Å². The van der Waals surface area contributed by atoms with Crippen molar-refractivity contribution in [3.05, 3.63) is 29.3 Å². The van der Waals surface area contributed by atoms with Gasteiger partial charge in [-0.1, -0.05) is 19.9 Å². The lowest BCUT2D eigenvalue weighted by atomic mass is 10.1. The number of carbonyl (C=O) groups is 2. The molecule has 0 atom stereocenters. The summed E-state index contributed by atoms with van der Waals surface area (Å²) in [6.45, 7) is 9.33. The van der Waals surface area contributed by atoms with Crippen molar-refractivity contribution in [2.75, 3.05) is 25.0 Å². The lowest BCUT2D eigenvalue weighted by Crippen LogP contribution is -2.38. The van der Waals surface area contributed by atoms with E-state index in [0.29, 0.717) is 18.0 Å². The van der Waals surface area contributed by atoms with Gasteiger partial charge in [0, 0.05) is 18.8 Å². The van der Waals surface area contributed by atoms with Crippen LogP contribution in [0.1, 0.15) is 36.7 Å². The summed E-state index contributed by atoms with van der Waals surface area (Å²) in [4.78, 5) is 23.8. The topological polar surface area (TPSA) is 70.2 Å². The van der Waals surface area contributed by atoms with Crippen molar-refractivity contribution in [3.8, 4) is 0 Å². The molecule has 3 N–H and O–H groups in total. The number of anilines is 1. The highest BCUT2D eigenvalue weighted by atomic mass is 16.2. The molecule has 0 saturated heterocycles. The maximum absolute atomic E-state index is 12.2. The molecule has 0 aliphatic carbocycles. The number of benzene rings is 1. The van der Waals surface area contributed by atoms with E-state index in [0.717, 1.165) is 17.8 Å². The van der Waals surface area contributed by atoms with E-state index in [1.807, 2.05) is 39.8 Å². The Hall–Kier alpha value is -2.04. The SMILES string of the molecule is CCNc1cc(C)ccc1C(=O)NCC(=O)NCC(C)C. The van der Waals surface area contributed by atoms with Gasteiger partial charge < -0.3 is 16.0 Å². The van der Waals surface area contributed by atoms with Gasteiger partial charge in [0.05, 0.1) is 12.1 Å². The first-order chi connectivity index (χ1) is 9.93. The monoisotopic (exact) mass is 291 g/mol. The molecule has 1 aromatic carbocycles. The van der Waals surface area contributed by atoms with E-state index in [-0.39, 0.29) is 18.4 Å². The average molecular weight is 291 g/mol. The van der Waals surface area contributed by atoms with Crippen LogP contribution in [0.4, 0.5) is 5.69 Å². The first-order valence-corrected chi connectivity index (χ1v) is 7.33. The smallest absolute Gasteiger partial charge is 0.253 e. The lowest BCUT2D eigenvalue weighted by molar-refractivity contribution is -0.120. The maximum atomic E-state index is 12.2.